The number of rotatable bonds is 6. The van der Waals surface area contributed by atoms with Crippen LogP contribution >= 0.6 is 0 Å². The van der Waals surface area contributed by atoms with Gasteiger partial charge in [0.05, 0.1) is 30.9 Å². The van der Waals surface area contributed by atoms with Gasteiger partial charge in [-0.05, 0) is 37.0 Å². The summed E-state index contributed by atoms with van der Waals surface area (Å²) in [5.41, 5.74) is 1.05. The number of ether oxygens (including phenoxy) is 1. The lowest BCUT2D eigenvalue weighted by Gasteiger charge is -2.29. The van der Waals surface area contributed by atoms with Crippen LogP contribution in [0.25, 0.3) is 0 Å². The standard InChI is InChI=1S/C20H23NO4/c22-17(19-7-4-10-24-19)13-21(12-14-5-2-1-3-6-14)20(23)16-11-15-8-9-18(16)25-15/h1-7,10,15-18,22H,8-9,11-13H2/t15-,16-,17+,18-/m1/s1. The number of aliphatic hydroxyl groups excluding tert-OH is 1. The maximum atomic E-state index is 13.1. The summed E-state index contributed by atoms with van der Waals surface area (Å²) in [7, 11) is 0. The Labute approximate surface area is 147 Å². The van der Waals surface area contributed by atoms with E-state index in [1.807, 2.05) is 30.3 Å². The lowest BCUT2D eigenvalue weighted by Crippen LogP contribution is -2.41. The number of hydrogen-bond donors (Lipinski definition) is 1. The fourth-order valence-corrected chi connectivity index (χ4v) is 3.95. The smallest absolute Gasteiger partial charge is 0.228 e. The molecule has 2 aromatic rings. The zero-order valence-corrected chi connectivity index (χ0v) is 14.1. The summed E-state index contributed by atoms with van der Waals surface area (Å²) >= 11 is 0. The Hall–Kier alpha value is -2.11. The van der Waals surface area contributed by atoms with Crippen LogP contribution in [0.4, 0.5) is 0 Å². The van der Waals surface area contributed by atoms with Gasteiger partial charge in [-0.1, -0.05) is 30.3 Å². The molecule has 2 fully saturated rings. The molecule has 0 saturated carbocycles. The van der Waals surface area contributed by atoms with Crippen molar-refractivity contribution >= 4 is 5.91 Å². The molecule has 2 saturated heterocycles. The number of nitrogens with zero attached hydrogens (tertiary/aromatic N) is 1. The first-order valence-corrected chi connectivity index (χ1v) is 8.90. The molecule has 0 radical (unpaired) electrons. The number of amides is 1. The van der Waals surface area contributed by atoms with Crippen LogP contribution in [0.2, 0.25) is 0 Å². The molecule has 1 aromatic carbocycles. The van der Waals surface area contributed by atoms with Gasteiger partial charge in [0.2, 0.25) is 5.91 Å². The number of benzene rings is 1. The maximum Gasteiger partial charge on any atom is 0.228 e. The number of fused-ring (bicyclic) bond motifs is 2. The highest BCUT2D eigenvalue weighted by atomic mass is 16.5. The predicted molar refractivity (Wildman–Crippen MR) is 91.5 cm³/mol. The quantitative estimate of drug-likeness (QED) is 0.877. The van der Waals surface area contributed by atoms with Crippen molar-refractivity contribution in [2.45, 2.75) is 44.1 Å². The van der Waals surface area contributed by atoms with E-state index in [-0.39, 0.29) is 30.6 Å². The summed E-state index contributed by atoms with van der Waals surface area (Å²) in [4.78, 5) is 14.9. The lowest BCUT2D eigenvalue weighted by molar-refractivity contribution is -0.139. The fraction of sp³-hybridized carbons (Fsp3) is 0.450. The number of aliphatic hydroxyl groups is 1. The molecule has 5 nitrogen and oxygen atoms in total. The Bertz CT molecular complexity index is 700. The molecule has 0 unspecified atom stereocenters. The third kappa shape index (κ3) is 3.48. The SMILES string of the molecule is O=C([C@@H]1C[C@H]2CC[C@H]1O2)N(Cc1ccccc1)C[C@H](O)c1ccco1. The van der Waals surface area contributed by atoms with Gasteiger partial charge in [0.25, 0.3) is 0 Å². The third-order valence-corrected chi connectivity index (χ3v) is 5.22. The van der Waals surface area contributed by atoms with Crippen molar-refractivity contribution in [3.63, 3.8) is 0 Å². The Morgan fingerprint density at radius 2 is 2.04 bits per heavy atom. The van der Waals surface area contributed by atoms with E-state index in [9.17, 15) is 9.90 Å². The first-order valence-electron chi connectivity index (χ1n) is 8.90. The summed E-state index contributed by atoms with van der Waals surface area (Å²) < 4.78 is 11.1. The third-order valence-electron chi connectivity index (χ3n) is 5.22. The van der Waals surface area contributed by atoms with Crippen LogP contribution in [0.3, 0.4) is 0 Å². The average Bonchev–Trinajstić information content (AvgIpc) is 3.38. The second-order valence-corrected chi connectivity index (χ2v) is 6.95. The monoisotopic (exact) mass is 341 g/mol. The second-order valence-electron chi connectivity index (χ2n) is 6.95. The van der Waals surface area contributed by atoms with E-state index in [0.29, 0.717) is 12.3 Å². The van der Waals surface area contributed by atoms with E-state index < -0.39 is 6.10 Å². The first kappa shape index (κ1) is 16.4. The number of hydrogen-bond acceptors (Lipinski definition) is 4. The van der Waals surface area contributed by atoms with Crippen molar-refractivity contribution in [2.75, 3.05) is 6.54 Å². The van der Waals surface area contributed by atoms with Crippen LogP contribution < -0.4 is 0 Å². The Morgan fingerprint density at radius 1 is 1.20 bits per heavy atom. The molecule has 2 bridgehead atoms. The van der Waals surface area contributed by atoms with Crippen molar-refractivity contribution in [3.8, 4) is 0 Å². The Kier molecular flexibility index (Phi) is 4.59. The normalized spacial score (nSPS) is 25.9. The summed E-state index contributed by atoms with van der Waals surface area (Å²) in [6.45, 7) is 0.695. The Balaban J connectivity index is 1.51. The van der Waals surface area contributed by atoms with Crippen molar-refractivity contribution in [3.05, 3.63) is 60.1 Å². The van der Waals surface area contributed by atoms with E-state index in [1.165, 1.54) is 6.26 Å². The van der Waals surface area contributed by atoms with E-state index in [0.717, 1.165) is 24.8 Å². The van der Waals surface area contributed by atoms with Crippen LogP contribution in [0, 0.1) is 5.92 Å². The van der Waals surface area contributed by atoms with E-state index >= 15 is 0 Å². The molecule has 1 aromatic heterocycles. The minimum atomic E-state index is -0.831. The van der Waals surface area contributed by atoms with Crippen LogP contribution in [0.5, 0.6) is 0 Å². The molecule has 5 heteroatoms. The summed E-state index contributed by atoms with van der Waals surface area (Å²) in [6, 6.07) is 13.3. The van der Waals surface area contributed by atoms with Crippen molar-refractivity contribution in [1.29, 1.82) is 0 Å². The molecule has 132 valence electrons. The maximum absolute atomic E-state index is 13.1. The van der Waals surface area contributed by atoms with Gasteiger partial charge < -0.3 is 19.2 Å². The van der Waals surface area contributed by atoms with Crippen LogP contribution in [0.15, 0.2) is 53.1 Å². The molecule has 3 heterocycles. The number of carbonyl (C=O) groups excluding carboxylic acids is 1. The zero-order valence-electron chi connectivity index (χ0n) is 14.1. The highest BCUT2D eigenvalue weighted by molar-refractivity contribution is 5.80. The summed E-state index contributed by atoms with van der Waals surface area (Å²) in [5, 5.41) is 10.5. The van der Waals surface area contributed by atoms with Gasteiger partial charge in [-0.15, -0.1) is 0 Å². The van der Waals surface area contributed by atoms with Crippen LogP contribution in [-0.4, -0.2) is 34.7 Å². The van der Waals surface area contributed by atoms with Crippen molar-refractivity contribution < 1.29 is 19.1 Å². The van der Waals surface area contributed by atoms with E-state index in [1.54, 1.807) is 17.0 Å². The van der Waals surface area contributed by atoms with Crippen LogP contribution in [0.1, 0.15) is 36.7 Å². The van der Waals surface area contributed by atoms with Gasteiger partial charge in [-0.25, -0.2) is 0 Å². The number of carbonyl (C=O) groups is 1. The molecule has 4 atom stereocenters. The Morgan fingerprint density at radius 3 is 2.68 bits per heavy atom. The summed E-state index contributed by atoms with van der Waals surface area (Å²) in [6.07, 6.45) is 3.78. The topological polar surface area (TPSA) is 62.9 Å². The van der Waals surface area contributed by atoms with Gasteiger partial charge in [0.1, 0.15) is 11.9 Å². The van der Waals surface area contributed by atoms with Gasteiger partial charge >= 0.3 is 0 Å². The van der Waals surface area contributed by atoms with E-state index in [4.69, 9.17) is 9.15 Å². The van der Waals surface area contributed by atoms with Gasteiger partial charge in [0.15, 0.2) is 0 Å². The lowest BCUT2D eigenvalue weighted by atomic mass is 9.88. The highest BCUT2D eigenvalue weighted by Crippen LogP contribution is 2.40. The minimum absolute atomic E-state index is 0.0385. The molecule has 0 spiro atoms. The van der Waals surface area contributed by atoms with Gasteiger partial charge in [0, 0.05) is 6.54 Å². The number of furan rings is 1. The van der Waals surface area contributed by atoms with E-state index in [2.05, 4.69) is 0 Å². The van der Waals surface area contributed by atoms with Gasteiger partial charge in [-0.3, -0.25) is 4.79 Å². The van der Waals surface area contributed by atoms with Crippen molar-refractivity contribution in [1.82, 2.24) is 4.90 Å². The predicted octanol–water partition coefficient (Wildman–Crippen LogP) is 2.91. The zero-order chi connectivity index (χ0) is 17.2. The first-order chi connectivity index (χ1) is 12.2. The largest absolute Gasteiger partial charge is 0.467 e. The van der Waals surface area contributed by atoms with Gasteiger partial charge in [-0.2, -0.15) is 0 Å². The molecule has 4 rings (SSSR count). The molecular formula is C20H23NO4. The molecule has 0 aliphatic carbocycles. The molecule has 1 N–H and O–H groups in total. The minimum Gasteiger partial charge on any atom is -0.467 e. The van der Waals surface area contributed by atoms with Crippen molar-refractivity contribution in [2.24, 2.45) is 5.92 Å². The fourth-order valence-electron chi connectivity index (χ4n) is 3.95. The highest BCUT2D eigenvalue weighted by Gasteiger charge is 2.45. The second kappa shape index (κ2) is 7.02. The molecule has 2 aliphatic rings. The molecule has 1 amide bonds. The summed E-state index contributed by atoms with van der Waals surface area (Å²) in [5.74, 6) is 0.461. The van der Waals surface area contributed by atoms with Crippen LogP contribution in [-0.2, 0) is 16.1 Å². The average molecular weight is 341 g/mol. The molecular weight excluding hydrogens is 318 g/mol. The molecule has 2 aliphatic heterocycles. The molecule has 25 heavy (non-hydrogen) atoms.